The molecule has 0 atom stereocenters. The SMILES string of the molecule is CN1CC(=O)N(c2ccc(F)cc2)C1=[Se]. The van der Waals surface area contributed by atoms with Crippen molar-refractivity contribution in [1.29, 1.82) is 0 Å². The van der Waals surface area contributed by atoms with Gasteiger partial charge in [-0.2, -0.15) is 0 Å². The van der Waals surface area contributed by atoms with Crippen molar-refractivity contribution >= 4 is 31.8 Å². The monoisotopic (exact) mass is 272 g/mol. The number of amides is 1. The molecule has 0 N–H and O–H groups in total. The second-order valence-electron chi connectivity index (χ2n) is 3.34. The molecule has 0 radical (unpaired) electrons. The molecule has 1 aromatic carbocycles. The van der Waals surface area contributed by atoms with Crippen molar-refractivity contribution in [2.75, 3.05) is 18.5 Å². The number of carbonyl (C=O) groups is 1. The van der Waals surface area contributed by atoms with Gasteiger partial charge in [0.2, 0.25) is 0 Å². The molecular weight excluding hydrogens is 262 g/mol. The van der Waals surface area contributed by atoms with E-state index < -0.39 is 0 Å². The molecule has 0 aromatic heterocycles. The van der Waals surface area contributed by atoms with Crippen molar-refractivity contribution < 1.29 is 9.18 Å². The van der Waals surface area contributed by atoms with E-state index in [1.165, 1.54) is 12.1 Å². The Kier molecular flexibility index (Phi) is 2.59. The van der Waals surface area contributed by atoms with E-state index in [2.05, 4.69) is 15.6 Å². The Morgan fingerprint density at radius 1 is 1.33 bits per heavy atom. The molecule has 1 aliphatic heterocycles. The molecule has 0 unspecified atom stereocenters. The van der Waals surface area contributed by atoms with Gasteiger partial charge < -0.3 is 0 Å². The molecule has 5 heteroatoms. The summed E-state index contributed by atoms with van der Waals surface area (Å²) in [4.78, 5) is 15.0. The van der Waals surface area contributed by atoms with E-state index in [-0.39, 0.29) is 11.7 Å². The zero-order valence-electron chi connectivity index (χ0n) is 8.11. The van der Waals surface area contributed by atoms with E-state index in [0.717, 1.165) is 4.67 Å². The van der Waals surface area contributed by atoms with Gasteiger partial charge in [0.05, 0.1) is 0 Å². The van der Waals surface area contributed by atoms with Crippen LogP contribution in [0.3, 0.4) is 0 Å². The van der Waals surface area contributed by atoms with E-state index in [9.17, 15) is 9.18 Å². The molecule has 3 nitrogen and oxygen atoms in total. The molecule has 1 amide bonds. The van der Waals surface area contributed by atoms with Crippen LogP contribution in [0, 0.1) is 5.82 Å². The zero-order chi connectivity index (χ0) is 11.0. The molecule has 15 heavy (non-hydrogen) atoms. The van der Waals surface area contributed by atoms with Crippen LogP contribution in [-0.4, -0.2) is 44.6 Å². The summed E-state index contributed by atoms with van der Waals surface area (Å²) in [5.41, 5.74) is 0.680. The summed E-state index contributed by atoms with van der Waals surface area (Å²) in [5, 5.41) is 0. The second kappa shape index (κ2) is 3.76. The molecule has 0 bridgehead atoms. The Morgan fingerprint density at radius 3 is 2.40 bits per heavy atom. The zero-order valence-corrected chi connectivity index (χ0v) is 9.82. The van der Waals surface area contributed by atoms with Crippen LogP contribution >= 0.6 is 0 Å². The van der Waals surface area contributed by atoms with Crippen LogP contribution in [0.5, 0.6) is 0 Å². The average molecular weight is 271 g/mol. The van der Waals surface area contributed by atoms with Crippen LogP contribution in [0.2, 0.25) is 0 Å². The molecule has 2 rings (SSSR count). The Labute approximate surface area is 94.8 Å². The Bertz CT molecular complexity index is 418. The van der Waals surface area contributed by atoms with E-state index in [1.807, 2.05) is 11.9 Å². The molecule has 0 aliphatic carbocycles. The number of nitrogens with zero attached hydrogens (tertiary/aromatic N) is 2. The van der Waals surface area contributed by atoms with Gasteiger partial charge in [0, 0.05) is 0 Å². The number of likely N-dealkylation sites (N-methyl/N-ethyl adjacent to an activating group) is 1. The van der Waals surface area contributed by atoms with Crippen LogP contribution in [0.15, 0.2) is 24.3 Å². The van der Waals surface area contributed by atoms with Crippen LogP contribution in [0.1, 0.15) is 0 Å². The first-order chi connectivity index (χ1) is 7.09. The quantitative estimate of drug-likeness (QED) is 0.689. The number of carbonyl (C=O) groups excluding carboxylic acids is 1. The summed E-state index contributed by atoms with van der Waals surface area (Å²) >= 11 is 2.84. The van der Waals surface area contributed by atoms with Crippen molar-refractivity contribution in [2.45, 2.75) is 0 Å². The fourth-order valence-electron chi connectivity index (χ4n) is 1.46. The third-order valence-corrected chi connectivity index (χ3v) is 3.26. The standard InChI is InChI=1S/C10H9FN2OSe/c1-12-6-9(14)13(10(12)15)8-4-2-7(11)3-5-8/h2-5H,6H2,1H3. The minimum atomic E-state index is -0.305. The van der Waals surface area contributed by atoms with Crippen LogP contribution in [0.4, 0.5) is 10.1 Å². The predicted octanol–water partition coefficient (Wildman–Crippen LogP) is 0.360. The van der Waals surface area contributed by atoms with Gasteiger partial charge >= 0.3 is 94.5 Å². The summed E-state index contributed by atoms with van der Waals surface area (Å²) in [6, 6.07) is 5.86. The maximum atomic E-state index is 12.7. The van der Waals surface area contributed by atoms with Gasteiger partial charge in [-0.3, -0.25) is 0 Å². The average Bonchev–Trinajstić information content (AvgIpc) is 2.44. The fraction of sp³-hybridized carbons (Fsp3) is 0.200. The number of anilines is 1. The summed E-state index contributed by atoms with van der Waals surface area (Å²) in [5.74, 6) is -0.321. The topological polar surface area (TPSA) is 23.6 Å². The predicted molar refractivity (Wildman–Crippen MR) is 57.3 cm³/mol. The Hall–Kier alpha value is -1.19. The second-order valence-corrected chi connectivity index (χ2v) is 4.11. The molecule has 0 spiro atoms. The van der Waals surface area contributed by atoms with Crippen molar-refractivity contribution in [3.05, 3.63) is 30.1 Å². The summed E-state index contributed by atoms with van der Waals surface area (Å²) < 4.78 is 13.5. The first-order valence-electron chi connectivity index (χ1n) is 4.43. The Morgan fingerprint density at radius 2 is 1.93 bits per heavy atom. The molecule has 1 aliphatic rings. The number of benzene rings is 1. The normalized spacial score (nSPS) is 16.4. The molecular formula is C10H9FN2OSe. The Balaban J connectivity index is 2.35. The number of rotatable bonds is 1. The fourth-order valence-corrected chi connectivity index (χ4v) is 2.03. The van der Waals surface area contributed by atoms with Crippen molar-refractivity contribution in [2.24, 2.45) is 0 Å². The maximum absolute atomic E-state index is 12.7. The van der Waals surface area contributed by atoms with Crippen molar-refractivity contribution in [3.63, 3.8) is 0 Å². The van der Waals surface area contributed by atoms with E-state index in [0.29, 0.717) is 12.2 Å². The van der Waals surface area contributed by atoms with Crippen LogP contribution in [0.25, 0.3) is 0 Å². The van der Waals surface area contributed by atoms with E-state index in [4.69, 9.17) is 0 Å². The summed E-state index contributed by atoms with van der Waals surface area (Å²) in [7, 11) is 1.83. The molecule has 1 heterocycles. The molecule has 0 saturated carbocycles. The van der Waals surface area contributed by atoms with E-state index in [1.54, 1.807) is 17.0 Å². The molecule has 78 valence electrons. The van der Waals surface area contributed by atoms with Gasteiger partial charge in [0.1, 0.15) is 0 Å². The first kappa shape index (κ1) is 10.3. The first-order valence-corrected chi connectivity index (χ1v) is 5.29. The van der Waals surface area contributed by atoms with Gasteiger partial charge in [-0.15, -0.1) is 0 Å². The van der Waals surface area contributed by atoms with Crippen molar-refractivity contribution in [1.82, 2.24) is 4.90 Å². The third kappa shape index (κ3) is 1.80. The number of halogens is 1. The number of hydrogen-bond donors (Lipinski definition) is 0. The van der Waals surface area contributed by atoms with Crippen LogP contribution < -0.4 is 4.90 Å². The number of hydrogen-bond acceptors (Lipinski definition) is 2. The van der Waals surface area contributed by atoms with E-state index >= 15 is 0 Å². The summed E-state index contributed by atoms with van der Waals surface area (Å²) in [6.45, 7) is 0.347. The van der Waals surface area contributed by atoms with Gasteiger partial charge in [-0.1, -0.05) is 0 Å². The van der Waals surface area contributed by atoms with Gasteiger partial charge in [-0.05, 0) is 0 Å². The van der Waals surface area contributed by atoms with Gasteiger partial charge in [-0.25, -0.2) is 0 Å². The minimum absolute atomic E-state index is 0.0159. The summed E-state index contributed by atoms with van der Waals surface area (Å²) in [6.07, 6.45) is 0. The van der Waals surface area contributed by atoms with Gasteiger partial charge in [0.25, 0.3) is 0 Å². The molecule has 1 fully saturated rings. The van der Waals surface area contributed by atoms with Crippen molar-refractivity contribution in [3.8, 4) is 0 Å². The molecule has 1 aromatic rings. The molecule has 1 saturated heterocycles. The third-order valence-electron chi connectivity index (χ3n) is 2.22. The van der Waals surface area contributed by atoms with Gasteiger partial charge in [0.15, 0.2) is 0 Å². The van der Waals surface area contributed by atoms with Crippen LogP contribution in [-0.2, 0) is 4.79 Å².